The molecule has 182 valence electrons. The number of hydrogen-bond donors (Lipinski definition) is 2. The second-order valence-corrected chi connectivity index (χ2v) is 7.56. The monoisotopic (exact) mass is 575 g/mol. The normalized spacial score (nSPS) is 14.3. The van der Waals surface area contributed by atoms with E-state index in [0.29, 0.717) is 23.8 Å². The predicted octanol–water partition coefficient (Wildman–Crippen LogP) is 4.56. The first kappa shape index (κ1) is 26.9. The van der Waals surface area contributed by atoms with Gasteiger partial charge in [0.1, 0.15) is 17.3 Å². The molecule has 0 atom stereocenters. The second kappa shape index (κ2) is 14.0. The quantitative estimate of drug-likeness (QED) is 0.274. The lowest BCUT2D eigenvalue weighted by atomic mass is 10.2. The Morgan fingerprint density at radius 1 is 1.09 bits per heavy atom. The molecule has 0 unspecified atom stereocenters. The molecule has 3 rings (SSSR count). The fourth-order valence-electron chi connectivity index (χ4n) is 3.63. The van der Waals surface area contributed by atoms with Crippen LogP contribution in [-0.2, 0) is 13.1 Å². The number of guanidine groups is 1. The zero-order valence-corrected chi connectivity index (χ0v) is 21.4. The van der Waals surface area contributed by atoms with E-state index in [1.165, 1.54) is 38.9 Å². The molecule has 7 nitrogen and oxygen atoms in total. The van der Waals surface area contributed by atoms with E-state index >= 15 is 0 Å². The van der Waals surface area contributed by atoms with Gasteiger partial charge in [-0.1, -0.05) is 18.9 Å². The van der Waals surface area contributed by atoms with Crippen molar-refractivity contribution in [2.75, 3.05) is 32.1 Å². The van der Waals surface area contributed by atoms with Gasteiger partial charge in [-0.3, -0.25) is 4.99 Å². The number of ether oxygens (including phenoxy) is 2. The zero-order chi connectivity index (χ0) is 22.8. The van der Waals surface area contributed by atoms with Crippen LogP contribution in [0.1, 0.15) is 36.8 Å². The molecule has 2 aromatic rings. The number of aromatic nitrogens is 1. The van der Waals surface area contributed by atoms with Crippen LogP contribution in [0.15, 0.2) is 41.5 Å². The minimum absolute atomic E-state index is 0. The maximum absolute atomic E-state index is 12.7. The Kier molecular flexibility index (Phi) is 11.4. The lowest BCUT2D eigenvalue weighted by Gasteiger charge is -2.21. The van der Waals surface area contributed by atoms with Crippen molar-refractivity contribution in [3.63, 3.8) is 0 Å². The summed E-state index contributed by atoms with van der Waals surface area (Å²) in [6.07, 6.45) is 6.87. The number of alkyl halides is 2. The summed E-state index contributed by atoms with van der Waals surface area (Å²) in [6.45, 7) is -0.00795. The third kappa shape index (κ3) is 8.49. The number of nitrogens with zero attached hydrogens (tertiary/aromatic N) is 3. The van der Waals surface area contributed by atoms with Gasteiger partial charge in [-0.25, -0.2) is 4.98 Å². The SMILES string of the molecule is CN=C(NCc1ccc(N2CCCCCC2)nc1)NCc1cc(OC)ccc1OC(F)F.I. The van der Waals surface area contributed by atoms with E-state index < -0.39 is 6.61 Å². The number of benzene rings is 1. The van der Waals surface area contributed by atoms with Crippen LogP contribution in [0, 0.1) is 0 Å². The van der Waals surface area contributed by atoms with Crippen LogP contribution >= 0.6 is 24.0 Å². The van der Waals surface area contributed by atoms with Crippen LogP contribution in [0.4, 0.5) is 14.6 Å². The summed E-state index contributed by atoms with van der Waals surface area (Å²) in [5.74, 6) is 2.20. The first-order valence-corrected chi connectivity index (χ1v) is 10.8. The Hall–Kier alpha value is -2.37. The van der Waals surface area contributed by atoms with E-state index in [2.05, 4.69) is 42.4 Å². The van der Waals surface area contributed by atoms with Gasteiger partial charge in [0.15, 0.2) is 5.96 Å². The summed E-state index contributed by atoms with van der Waals surface area (Å²) in [4.78, 5) is 11.2. The first-order chi connectivity index (χ1) is 15.6. The Bertz CT molecular complexity index is 876. The Balaban J connectivity index is 0.00000385. The van der Waals surface area contributed by atoms with E-state index in [-0.39, 0.29) is 36.3 Å². The third-order valence-electron chi connectivity index (χ3n) is 5.35. The van der Waals surface area contributed by atoms with E-state index in [1.807, 2.05) is 6.20 Å². The van der Waals surface area contributed by atoms with Gasteiger partial charge in [0.25, 0.3) is 0 Å². The molecular formula is C23H32F2IN5O2. The Labute approximate surface area is 211 Å². The Morgan fingerprint density at radius 3 is 2.42 bits per heavy atom. The van der Waals surface area contributed by atoms with Crippen molar-refractivity contribution in [1.82, 2.24) is 15.6 Å². The van der Waals surface area contributed by atoms with Crippen LogP contribution in [-0.4, -0.2) is 44.8 Å². The van der Waals surface area contributed by atoms with Crippen LogP contribution in [0.25, 0.3) is 0 Å². The minimum Gasteiger partial charge on any atom is -0.497 e. The van der Waals surface area contributed by atoms with Crippen LogP contribution in [0.5, 0.6) is 11.5 Å². The summed E-state index contributed by atoms with van der Waals surface area (Å²) >= 11 is 0. The summed E-state index contributed by atoms with van der Waals surface area (Å²) in [5, 5.41) is 6.34. The highest BCUT2D eigenvalue weighted by Gasteiger charge is 2.13. The number of halogens is 3. The van der Waals surface area contributed by atoms with Gasteiger partial charge in [0.05, 0.1) is 7.11 Å². The van der Waals surface area contributed by atoms with Gasteiger partial charge >= 0.3 is 6.61 Å². The first-order valence-electron chi connectivity index (χ1n) is 10.8. The van der Waals surface area contributed by atoms with Crippen LogP contribution in [0.3, 0.4) is 0 Å². The maximum Gasteiger partial charge on any atom is 0.387 e. The van der Waals surface area contributed by atoms with Crippen molar-refractivity contribution >= 4 is 35.8 Å². The van der Waals surface area contributed by atoms with E-state index in [1.54, 1.807) is 19.2 Å². The van der Waals surface area contributed by atoms with E-state index in [9.17, 15) is 8.78 Å². The highest BCUT2D eigenvalue weighted by atomic mass is 127. The molecule has 0 saturated carbocycles. The molecule has 0 radical (unpaired) electrons. The number of hydrogen-bond acceptors (Lipinski definition) is 5. The molecular weight excluding hydrogens is 543 g/mol. The molecule has 0 amide bonds. The predicted molar refractivity (Wildman–Crippen MR) is 137 cm³/mol. The van der Waals surface area contributed by atoms with Crippen molar-refractivity contribution in [3.8, 4) is 11.5 Å². The van der Waals surface area contributed by atoms with Gasteiger partial charge < -0.3 is 25.0 Å². The number of rotatable bonds is 8. The van der Waals surface area contributed by atoms with Gasteiger partial charge in [0.2, 0.25) is 0 Å². The van der Waals surface area contributed by atoms with Crippen molar-refractivity contribution in [3.05, 3.63) is 47.7 Å². The Morgan fingerprint density at radius 2 is 1.82 bits per heavy atom. The van der Waals surface area contributed by atoms with Crippen molar-refractivity contribution < 1.29 is 18.3 Å². The van der Waals surface area contributed by atoms with Gasteiger partial charge in [-0.2, -0.15) is 8.78 Å². The smallest absolute Gasteiger partial charge is 0.387 e. The molecule has 0 bridgehead atoms. The largest absolute Gasteiger partial charge is 0.497 e. The molecule has 33 heavy (non-hydrogen) atoms. The number of nitrogens with one attached hydrogen (secondary N) is 2. The zero-order valence-electron chi connectivity index (χ0n) is 19.0. The summed E-state index contributed by atoms with van der Waals surface area (Å²) < 4.78 is 35.2. The number of methoxy groups -OCH3 is 1. The maximum atomic E-state index is 12.7. The van der Waals surface area contributed by atoms with Crippen LogP contribution in [0.2, 0.25) is 0 Å². The molecule has 10 heteroatoms. The average Bonchev–Trinajstić information content (AvgIpc) is 3.10. The molecule has 0 spiro atoms. The molecule has 0 aliphatic carbocycles. The van der Waals surface area contributed by atoms with Gasteiger partial charge in [0, 0.05) is 45.0 Å². The number of anilines is 1. The van der Waals surface area contributed by atoms with Gasteiger partial charge in [-0.15, -0.1) is 24.0 Å². The molecule has 1 fully saturated rings. The fraction of sp³-hybridized carbons (Fsp3) is 0.478. The lowest BCUT2D eigenvalue weighted by Crippen LogP contribution is -2.36. The molecule has 1 aliphatic heterocycles. The summed E-state index contributed by atoms with van der Waals surface area (Å²) in [6, 6.07) is 8.82. The van der Waals surface area contributed by atoms with Crippen molar-refractivity contribution in [2.24, 2.45) is 4.99 Å². The molecule has 1 saturated heterocycles. The van der Waals surface area contributed by atoms with E-state index in [4.69, 9.17) is 4.74 Å². The molecule has 2 heterocycles. The topological polar surface area (TPSA) is 71.0 Å². The van der Waals surface area contributed by atoms with E-state index in [0.717, 1.165) is 24.5 Å². The number of pyridine rings is 1. The minimum atomic E-state index is -2.90. The van der Waals surface area contributed by atoms with Crippen LogP contribution < -0.4 is 25.0 Å². The number of aliphatic imine (C=N–C) groups is 1. The lowest BCUT2D eigenvalue weighted by molar-refractivity contribution is -0.0505. The highest BCUT2D eigenvalue weighted by molar-refractivity contribution is 14.0. The average molecular weight is 575 g/mol. The van der Waals surface area contributed by atoms with Crippen molar-refractivity contribution in [1.29, 1.82) is 0 Å². The molecule has 1 aromatic heterocycles. The fourth-order valence-corrected chi connectivity index (χ4v) is 3.63. The third-order valence-corrected chi connectivity index (χ3v) is 5.35. The molecule has 2 N–H and O–H groups in total. The second-order valence-electron chi connectivity index (χ2n) is 7.56. The highest BCUT2D eigenvalue weighted by Crippen LogP contribution is 2.25. The summed E-state index contributed by atoms with van der Waals surface area (Å²) in [7, 11) is 3.17. The standard InChI is InChI=1S/C23H31F2N5O2.HI/c1-26-23(29-16-18-13-19(31-2)8-9-20(18)32-22(24)25)28-15-17-7-10-21(27-14-17)30-11-5-3-4-6-12-30;/h7-10,13-14,22H,3-6,11-12,15-16H2,1-2H3,(H2,26,28,29);1H. The van der Waals surface area contributed by atoms with Crippen molar-refractivity contribution in [2.45, 2.75) is 45.4 Å². The molecule has 1 aliphatic rings. The van der Waals surface area contributed by atoms with Gasteiger partial charge in [-0.05, 0) is 42.7 Å². The summed E-state index contributed by atoms with van der Waals surface area (Å²) in [5.41, 5.74) is 1.56. The molecule has 1 aromatic carbocycles.